The molecule has 0 amide bonds. The van der Waals surface area contributed by atoms with Crippen LogP contribution in [0.5, 0.6) is 0 Å². The lowest BCUT2D eigenvalue weighted by Gasteiger charge is -2.26. The van der Waals surface area contributed by atoms with Crippen LogP contribution in [0.1, 0.15) is 5.56 Å². The first-order chi connectivity index (χ1) is 28.7. The number of anilines is 3. The van der Waals surface area contributed by atoms with Gasteiger partial charge < -0.3 is 14.0 Å². The summed E-state index contributed by atoms with van der Waals surface area (Å²) in [6, 6.07) is 79.2. The van der Waals surface area contributed by atoms with E-state index in [0.717, 1.165) is 22.7 Å². The van der Waals surface area contributed by atoms with Gasteiger partial charge in [0, 0.05) is 50.0 Å². The van der Waals surface area contributed by atoms with Crippen molar-refractivity contribution in [2.24, 2.45) is 0 Å². The summed E-state index contributed by atoms with van der Waals surface area (Å²) in [5.41, 5.74) is 16.5. The zero-order valence-corrected chi connectivity index (χ0v) is 32.1. The van der Waals surface area contributed by atoms with E-state index in [4.69, 9.17) is 0 Å². The van der Waals surface area contributed by atoms with E-state index in [-0.39, 0.29) is 0 Å². The minimum absolute atomic E-state index is 1.10. The molecule has 0 aliphatic heterocycles. The third kappa shape index (κ3) is 5.67. The van der Waals surface area contributed by atoms with E-state index >= 15 is 0 Å². The van der Waals surface area contributed by atoms with E-state index in [9.17, 15) is 0 Å². The largest absolute Gasteiger partial charge is 0.311 e. The monoisotopic (exact) mass is 741 g/mol. The molecule has 0 N–H and O–H groups in total. The third-order valence-electron chi connectivity index (χ3n) is 11.6. The number of benzene rings is 9. The molecule has 58 heavy (non-hydrogen) atoms. The van der Waals surface area contributed by atoms with Gasteiger partial charge in [0.2, 0.25) is 0 Å². The molecular weight excluding hydrogens is 703 g/mol. The summed E-state index contributed by atoms with van der Waals surface area (Å²) < 4.78 is 4.77. The number of nitrogens with zero attached hydrogens (tertiary/aromatic N) is 3. The van der Waals surface area contributed by atoms with Crippen LogP contribution in [0.25, 0.3) is 77.2 Å². The Labute approximate surface area is 337 Å². The first kappa shape index (κ1) is 33.7. The fraction of sp³-hybridized carbons (Fsp3) is 0.0182. The molecule has 0 saturated carbocycles. The van der Waals surface area contributed by atoms with Crippen LogP contribution in [0.3, 0.4) is 0 Å². The van der Waals surface area contributed by atoms with Crippen LogP contribution in [0.15, 0.2) is 218 Å². The van der Waals surface area contributed by atoms with Crippen LogP contribution in [0, 0.1) is 6.92 Å². The highest BCUT2D eigenvalue weighted by Crippen LogP contribution is 2.40. The average Bonchev–Trinajstić information content (AvgIpc) is 3.79. The summed E-state index contributed by atoms with van der Waals surface area (Å²) in [6.07, 6.45) is 0. The van der Waals surface area contributed by atoms with Gasteiger partial charge in [-0.1, -0.05) is 121 Å². The van der Waals surface area contributed by atoms with Gasteiger partial charge in [0.15, 0.2) is 0 Å². The molecule has 0 spiro atoms. The Bertz CT molecular complexity index is 3250. The molecule has 0 aliphatic rings. The second kappa shape index (κ2) is 13.8. The summed E-state index contributed by atoms with van der Waals surface area (Å²) in [7, 11) is 0. The van der Waals surface area contributed by atoms with E-state index in [1.165, 1.54) is 77.1 Å². The molecule has 0 aliphatic carbocycles. The number of hydrogen-bond donors (Lipinski definition) is 0. The lowest BCUT2D eigenvalue weighted by Crippen LogP contribution is -2.10. The predicted molar refractivity (Wildman–Crippen MR) is 245 cm³/mol. The Balaban J connectivity index is 0.970. The Hall–Kier alpha value is -7.62. The molecule has 0 radical (unpaired) electrons. The molecule has 2 heterocycles. The molecule has 0 bridgehead atoms. The van der Waals surface area contributed by atoms with Crippen molar-refractivity contribution in [2.45, 2.75) is 6.92 Å². The van der Waals surface area contributed by atoms with Gasteiger partial charge in [-0.2, -0.15) is 0 Å². The van der Waals surface area contributed by atoms with E-state index < -0.39 is 0 Å². The zero-order valence-electron chi connectivity index (χ0n) is 32.1. The van der Waals surface area contributed by atoms with E-state index in [0.29, 0.717) is 0 Å². The summed E-state index contributed by atoms with van der Waals surface area (Å²) in [6.45, 7) is 2.17. The number of aromatic nitrogens is 2. The maximum absolute atomic E-state index is 2.40. The summed E-state index contributed by atoms with van der Waals surface area (Å²) in [5.74, 6) is 0. The summed E-state index contributed by atoms with van der Waals surface area (Å²) in [5, 5.41) is 5.04. The summed E-state index contributed by atoms with van der Waals surface area (Å²) in [4.78, 5) is 2.34. The van der Waals surface area contributed by atoms with Crippen molar-refractivity contribution in [2.75, 3.05) is 4.90 Å². The highest BCUT2D eigenvalue weighted by molar-refractivity contribution is 6.11. The molecule has 3 heteroatoms. The van der Waals surface area contributed by atoms with Gasteiger partial charge in [0.05, 0.1) is 22.1 Å². The van der Waals surface area contributed by atoms with Gasteiger partial charge in [0.25, 0.3) is 0 Å². The van der Waals surface area contributed by atoms with E-state index in [2.05, 4.69) is 239 Å². The van der Waals surface area contributed by atoms with Crippen molar-refractivity contribution in [1.29, 1.82) is 0 Å². The predicted octanol–water partition coefficient (Wildman–Crippen LogP) is 15.0. The topological polar surface area (TPSA) is 13.1 Å². The standard InChI is InChI=1S/C55H39N3/c1-38-21-32-53-49(35-38)51-37-41(39-13-5-2-6-14-39)24-34-55(51)58(53)47-30-28-46(29-31-47)56(43-15-7-3-8-16-43)45-26-22-40(23-27-45)42-25-33-54-50(36-42)48-19-11-12-20-52(48)57(54)44-17-9-4-10-18-44/h2-37H,1H3. The lowest BCUT2D eigenvalue weighted by atomic mass is 10.0. The van der Waals surface area contributed by atoms with E-state index in [1.807, 2.05) is 0 Å². The second-order valence-electron chi connectivity index (χ2n) is 15.1. The van der Waals surface area contributed by atoms with Crippen molar-refractivity contribution < 1.29 is 0 Å². The maximum Gasteiger partial charge on any atom is 0.0541 e. The molecule has 11 aromatic rings. The molecule has 0 atom stereocenters. The molecule has 0 unspecified atom stereocenters. The highest BCUT2D eigenvalue weighted by Gasteiger charge is 2.17. The smallest absolute Gasteiger partial charge is 0.0541 e. The van der Waals surface area contributed by atoms with Crippen LogP contribution in [0.4, 0.5) is 17.1 Å². The van der Waals surface area contributed by atoms with Crippen molar-refractivity contribution in [3.63, 3.8) is 0 Å². The Morgan fingerprint density at radius 3 is 1.34 bits per heavy atom. The van der Waals surface area contributed by atoms with Gasteiger partial charge in [-0.05, 0) is 132 Å². The van der Waals surface area contributed by atoms with Gasteiger partial charge in [0.1, 0.15) is 0 Å². The van der Waals surface area contributed by atoms with Crippen LogP contribution < -0.4 is 4.90 Å². The number of aryl methyl sites for hydroxylation is 1. The third-order valence-corrected chi connectivity index (χ3v) is 11.6. The van der Waals surface area contributed by atoms with Gasteiger partial charge >= 0.3 is 0 Å². The minimum atomic E-state index is 1.10. The maximum atomic E-state index is 2.40. The van der Waals surface area contributed by atoms with E-state index in [1.54, 1.807) is 0 Å². The molecule has 11 rings (SSSR count). The van der Waals surface area contributed by atoms with Crippen molar-refractivity contribution in [3.05, 3.63) is 224 Å². The van der Waals surface area contributed by atoms with Gasteiger partial charge in [-0.25, -0.2) is 0 Å². The first-order valence-electron chi connectivity index (χ1n) is 19.9. The van der Waals surface area contributed by atoms with Gasteiger partial charge in [-0.3, -0.25) is 0 Å². The average molecular weight is 742 g/mol. The first-order valence-corrected chi connectivity index (χ1v) is 19.9. The van der Waals surface area contributed by atoms with Crippen molar-refractivity contribution in [1.82, 2.24) is 9.13 Å². The van der Waals surface area contributed by atoms with Crippen molar-refractivity contribution >= 4 is 60.7 Å². The lowest BCUT2D eigenvalue weighted by molar-refractivity contribution is 1.17. The zero-order chi connectivity index (χ0) is 38.6. The molecule has 0 saturated heterocycles. The minimum Gasteiger partial charge on any atom is -0.311 e. The number of rotatable bonds is 7. The Morgan fingerprint density at radius 1 is 0.293 bits per heavy atom. The fourth-order valence-electron chi connectivity index (χ4n) is 8.81. The number of hydrogen-bond acceptors (Lipinski definition) is 1. The Morgan fingerprint density at radius 2 is 0.707 bits per heavy atom. The van der Waals surface area contributed by atoms with Crippen LogP contribution in [-0.4, -0.2) is 9.13 Å². The molecule has 3 nitrogen and oxygen atoms in total. The SMILES string of the molecule is Cc1ccc2c(c1)c1cc(-c3ccccc3)ccc1n2-c1ccc(N(c2ccccc2)c2ccc(-c3ccc4c(c3)c3ccccc3n4-c3ccccc3)cc2)cc1. The number of fused-ring (bicyclic) bond motifs is 6. The molecule has 2 aromatic heterocycles. The summed E-state index contributed by atoms with van der Waals surface area (Å²) >= 11 is 0. The molecule has 0 fully saturated rings. The molecule has 274 valence electrons. The van der Waals surface area contributed by atoms with Crippen LogP contribution in [0.2, 0.25) is 0 Å². The fourth-order valence-corrected chi connectivity index (χ4v) is 8.81. The van der Waals surface area contributed by atoms with Crippen molar-refractivity contribution in [3.8, 4) is 33.6 Å². The van der Waals surface area contributed by atoms with Crippen LogP contribution in [-0.2, 0) is 0 Å². The molecule has 9 aromatic carbocycles. The quantitative estimate of drug-likeness (QED) is 0.159. The van der Waals surface area contributed by atoms with Crippen LogP contribution >= 0.6 is 0 Å². The number of para-hydroxylation sites is 3. The normalized spacial score (nSPS) is 11.5. The van der Waals surface area contributed by atoms with Gasteiger partial charge in [-0.15, -0.1) is 0 Å². The second-order valence-corrected chi connectivity index (χ2v) is 15.1. The highest BCUT2D eigenvalue weighted by atomic mass is 15.1. The Kier molecular flexibility index (Phi) is 8.04. The molecular formula is C55H39N3.